The van der Waals surface area contributed by atoms with Gasteiger partial charge < -0.3 is 5.32 Å². The third kappa shape index (κ3) is 3.05. The van der Waals surface area contributed by atoms with Gasteiger partial charge in [-0.2, -0.15) is 0 Å². The van der Waals surface area contributed by atoms with Crippen LogP contribution in [0, 0.1) is 11.3 Å². The highest BCUT2D eigenvalue weighted by Crippen LogP contribution is 2.45. The van der Waals surface area contributed by atoms with Gasteiger partial charge in [-0.3, -0.25) is 0 Å². The molecule has 90 valence electrons. The molecule has 2 rings (SSSR count). The fourth-order valence-electron chi connectivity index (χ4n) is 2.78. The van der Waals surface area contributed by atoms with E-state index in [1.807, 2.05) is 5.51 Å². The molecular weight excluding hydrogens is 216 g/mol. The Morgan fingerprint density at radius 1 is 1.50 bits per heavy atom. The van der Waals surface area contributed by atoms with E-state index in [1.165, 1.54) is 37.9 Å². The zero-order chi connectivity index (χ0) is 11.4. The second-order valence-corrected chi connectivity index (χ2v) is 6.25. The van der Waals surface area contributed by atoms with Gasteiger partial charge >= 0.3 is 0 Å². The molecule has 0 saturated heterocycles. The average Bonchev–Trinajstić information content (AvgIpc) is 2.66. The molecule has 1 fully saturated rings. The topological polar surface area (TPSA) is 24.9 Å². The van der Waals surface area contributed by atoms with Crippen molar-refractivity contribution in [3.8, 4) is 0 Å². The first kappa shape index (κ1) is 12.1. The van der Waals surface area contributed by atoms with Crippen molar-refractivity contribution in [1.82, 2.24) is 10.3 Å². The minimum absolute atomic E-state index is 0.601. The molecule has 0 atom stereocenters. The van der Waals surface area contributed by atoms with E-state index in [-0.39, 0.29) is 0 Å². The number of aromatic nitrogens is 1. The quantitative estimate of drug-likeness (QED) is 0.821. The van der Waals surface area contributed by atoms with Crippen molar-refractivity contribution >= 4 is 11.3 Å². The molecule has 3 heteroatoms. The van der Waals surface area contributed by atoms with Crippen LogP contribution in [0.1, 0.15) is 45.2 Å². The van der Waals surface area contributed by atoms with E-state index in [2.05, 4.69) is 29.5 Å². The Labute approximate surface area is 102 Å². The molecule has 1 aromatic rings. The van der Waals surface area contributed by atoms with Crippen LogP contribution in [0.5, 0.6) is 0 Å². The Bertz CT molecular complexity index is 302. The van der Waals surface area contributed by atoms with Gasteiger partial charge in [0.05, 0.1) is 11.2 Å². The zero-order valence-electron chi connectivity index (χ0n) is 10.3. The third-order valence-corrected chi connectivity index (χ3v) is 4.18. The van der Waals surface area contributed by atoms with E-state index < -0.39 is 0 Å². The van der Waals surface area contributed by atoms with Gasteiger partial charge in [0.2, 0.25) is 0 Å². The molecule has 16 heavy (non-hydrogen) atoms. The van der Waals surface area contributed by atoms with Gasteiger partial charge in [0, 0.05) is 18.5 Å². The first-order valence-electron chi connectivity index (χ1n) is 6.28. The molecule has 0 amide bonds. The van der Waals surface area contributed by atoms with Crippen molar-refractivity contribution in [2.24, 2.45) is 11.3 Å². The summed E-state index contributed by atoms with van der Waals surface area (Å²) in [7, 11) is 0. The van der Waals surface area contributed by atoms with Gasteiger partial charge in [-0.1, -0.05) is 20.3 Å². The van der Waals surface area contributed by atoms with E-state index in [0.29, 0.717) is 5.41 Å². The molecule has 0 unspecified atom stereocenters. The zero-order valence-corrected chi connectivity index (χ0v) is 11.1. The molecule has 0 spiro atoms. The fraction of sp³-hybridized carbons (Fsp3) is 0.769. The average molecular weight is 238 g/mol. The summed E-state index contributed by atoms with van der Waals surface area (Å²) in [5.74, 6) is 0.821. The van der Waals surface area contributed by atoms with Crippen LogP contribution >= 0.6 is 11.3 Å². The van der Waals surface area contributed by atoms with Gasteiger partial charge in [0.25, 0.3) is 0 Å². The van der Waals surface area contributed by atoms with E-state index in [9.17, 15) is 0 Å². The second-order valence-electron chi connectivity index (χ2n) is 5.53. The molecule has 0 aliphatic heterocycles. The number of thiazole rings is 1. The third-order valence-electron chi connectivity index (χ3n) is 3.55. The van der Waals surface area contributed by atoms with Gasteiger partial charge in [-0.15, -0.1) is 11.3 Å². The predicted octanol–water partition coefficient (Wildman–Crippen LogP) is 3.45. The van der Waals surface area contributed by atoms with Crippen molar-refractivity contribution in [3.05, 3.63) is 16.6 Å². The summed E-state index contributed by atoms with van der Waals surface area (Å²) in [5.41, 5.74) is 3.69. The van der Waals surface area contributed by atoms with Gasteiger partial charge in [-0.25, -0.2) is 4.98 Å². The molecule has 1 aromatic heterocycles. The van der Waals surface area contributed by atoms with Crippen molar-refractivity contribution < 1.29 is 0 Å². The van der Waals surface area contributed by atoms with E-state index in [0.717, 1.165) is 12.5 Å². The molecule has 2 nitrogen and oxygen atoms in total. The lowest BCUT2D eigenvalue weighted by Crippen LogP contribution is -2.40. The number of hydrogen-bond donors (Lipinski definition) is 1. The monoisotopic (exact) mass is 238 g/mol. The first-order valence-corrected chi connectivity index (χ1v) is 7.22. The lowest BCUT2D eigenvalue weighted by molar-refractivity contribution is 0.0978. The first-order chi connectivity index (χ1) is 7.70. The summed E-state index contributed by atoms with van der Waals surface area (Å²) in [6, 6.07) is 0. The predicted molar refractivity (Wildman–Crippen MR) is 69.6 cm³/mol. The summed E-state index contributed by atoms with van der Waals surface area (Å²) in [6.07, 6.45) is 5.62. The summed E-state index contributed by atoms with van der Waals surface area (Å²) >= 11 is 1.68. The van der Waals surface area contributed by atoms with Crippen molar-refractivity contribution in [1.29, 1.82) is 0 Å². The highest BCUT2D eigenvalue weighted by molar-refractivity contribution is 7.07. The smallest absolute Gasteiger partial charge is 0.0795 e. The van der Waals surface area contributed by atoms with Crippen molar-refractivity contribution in [2.45, 2.75) is 46.1 Å². The molecule has 1 aliphatic rings. The molecule has 1 N–H and O–H groups in total. The maximum Gasteiger partial charge on any atom is 0.0795 e. The van der Waals surface area contributed by atoms with Crippen LogP contribution < -0.4 is 5.32 Å². The molecule has 0 aromatic carbocycles. The van der Waals surface area contributed by atoms with Crippen LogP contribution in [0.15, 0.2) is 10.9 Å². The number of rotatable bonds is 6. The molecule has 1 saturated carbocycles. The SMILES string of the molecule is CC(C)CC1(CNCc2cscn2)CCC1. The van der Waals surface area contributed by atoms with Crippen LogP contribution in [0.2, 0.25) is 0 Å². The minimum Gasteiger partial charge on any atom is -0.311 e. The summed E-state index contributed by atoms with van der Waals surface area (Å²) < 4.78 is 0. The molecule has 1 aliphatic carbocycles. The van der Waals surface area contributed by atoms with Crippen LogP contribution in [-0.4, -0.2) is 11.5 Å². The summed E-state index contributed by atoms with van der Waals surface area (Å²) in [4.78, 5) is 4.30. The lowest BCUT2D eigenvalue weighted by atomic mass is 9.64. The van der Waals surface area contributed by atoms with E-state index in [4.69, 9.17) is 0 Å². The van der Waals surface area contributed by atoms with Gasteiger partial charge in [0.15, 0.2) is 0 Å². The Morgan fingerprint density at radius 2 is 2.31 bits per heavy atom. The lowest BCUT2D eigenvalue weighted by Gasteiger charge is -2.43. The minimum atomic E-state index is 0.601. The normalized spacial score (nSPS) is 18.7. The highest BCUT2D eigenvalue weighted by Gasteiger charge is 2.36. The largest absolute Gasteiger partial charge is 0.311 e. The van der Waals surface area contributed by atoms with Gasteiger partial charge in [0.1, 0.15) is 0 Å². The number of hydrogen-bond acceptors (Lipinski definition) is 3. The van der Waals surface area contributed by atoms with Crippen molar-refractivity contribution in [3.63, 3.8) is 0 Å². The molecule has 0 bridgehead atoms. The Morgan fingerprint density at radius 3 is 2.81 bits per heavy atom. The van der Waals surface area contributed by atoms with Gasteiger partial charge in [-0.05, 0) is 30.6 Å². The highest BCUT2D eigenvalue weighted by atomic mass is 32.1. The van der Waals surface area contributed by atoms with Crippen LogP contribution in [0.4, 0.5) is 0 Å². The van der Waals surface area contributed by atoms with Crippen LogP contribution in [0.3, 0.4) is 0 Å². The molecule has 1 heterocycles. The number of nitrogens with one attached hydrogen (secondary N) is 1. The standard InChI is InChI=1S/C13H22N2S/c1-11(2)6-13(4-3-5-13)9-14-7-12-8-16-10-15-12/h8,10-11,14H,3-7,9H2,1-2H3. The maximum atomic E-state index is 4.30. The summed E-state index contributed by atoms with van der Waals surface area (Å²) in [6.45, 7) is 6.77. The van der Waals surface area contributed by atoms with Crippen LogP contribution in [-0.2, 0) is 6.54 Å². The Balaban J connectivity index is 1.75. The maximum absolute atomic E-state index is 4.30. The van der Waals surface area contributed by atoms with E-state index >= 15 is 0 Å². The fourth-order valence-corrected chi connectivity index (χ4v) is 3.33. The van der Waals surface area contributed by atoms with Crippen molar-refractivity contribution in [2.75, 3.05) is 6.54 Å². The summed E-state index contributed by atoms with van der Waals surface area (Å²) in [5, 5.41) is 5.71. The van der Waals surface area contributed by atoms with E-state index in [1.54, 1.807) is 11.3 Å². The van der Waals surface area contributed by atoms with Crippen LogP contribution in [0.25, 0.3) is 0 Å². The Hall–Kier alpha value is -0.410. The molecule has 0 radical (unpaired) electrons. The number of nitrogens with zero attached hydrogens (tertiary/aromatic N) is 1. The second kappa shape index (κ2) is 5.28. The Kier molecular flexibility index (Phi) is 3.98. The molecular formula is C13H22N2S.